The van der Waals surface area contributed by atoms with Gasteiger partial charge in [-0.15, -0.1) is 10.2 Å². The van der Waals surface area contributed by atoms with E-state index in [2.05, 4.69) is 20.6 Å². The summed E-state index contributed by atoms with van der Waals surface area (Å²) < 4.78 is 1.76. The van der Waals surface area contributed by atoms with Gasteiger partial charge in [0.2, 0.25) is 0 Å². The Morgan fingerprint density at radius 2 is 2.20 bits per heavy atom. The van der Waals surface area contributed by atoms with Crippen LogP contribution >= 0.6 is 0 Å². The second-order valence-corrected chi connectivity index (χ2v) is 3.18. The van der Waals surface area contributed by atoms with Crippen molar-refractivity contribution >= 4 is 11.6 Å². The maximum atomic E-state index is 5.42. The van der Waals surface area contributed by atoms with Crippen LogP contribution < -0.4 is 11.1 Å². The molecular formula is C9H12N6. The lowest BCUT2D eigenvalue weighted by atomic mass is 10.4. The predicted octanol–water partition coefficient (Wildman–Crippen LogP) is 0.404. The van der Waals surface area contributed by atoms with Crippen LogP contribution in [0.1, 0.15) is 5.69 Å². The lowest BCUT2D eigenvalue weighted by Gasteiger charge is -2.01. The van der Waals surface area contributed by atoms with Gasteiger partial charge in [0.05, 0.1) is 12.2 Å². The fourth-order valence-electron chi connectivity index (χ4n) is 1.18. The van der Waals surface area contributed by atoms with E-state index >= 15 is 0 Å². The van der Waals surface area contributed by atoms with Gasteiger partial charge in [-0.2, -0.15) is 5.10 Å². The van der Waals surface area contributed by atoms with E-state index in [1.54, 1.807) is 16.8 Å². The molecule has 2 rings (SSSR count). The van der Waals surface area contributed by atoms with Crippen molar-refractivity contribution < 1.29 is 0 Å². The zero-order valence-electron chi connectivity index (χ0n) is 8.38. The van der Waals surface area contributed by atoms with Gasteiger partial charge in [-0.3, -0.25) is 4.68 Å². The van der Waals surface area contributed by atoms with Crippen LogP contribution in [0.2, 0.25) is 0 Å². The molecule has 0 saturated heterocycles. The summed E-state index contributed by atoms with van der Waals surface area (Å²) in [6.45, 7) is 0.624. The van der Waals surface area contributed by atoms with Gasteiger partial charge in [-0.1, -0.05) is 0 Å². The Labute approximate surface area is 87.1 Å². The first-order valence-corrected chi connectivity index (χ1v) is 4.55. The molecule has 0 spiro atoms. The molecule has 0 saturated carbocycles. The van der Waals surface area contributed by atoms with Gasteiger partial charge in [0.1, 0.15) is 11.6 Å². The van der Waals surface area contributed by atoms with E-state index < -0.39 is 0 Å². The fourth-order valence-corrected chi connectivity index (χ4v) is 1.18. The molecule has 15 heavy (non-hydrogen) atoms. The maximum Gasteiger partial charge on any atom is 0.149 e. The van der Waals surface area contributed by atoms with Gasteiger partial charge in [0.25, 0.3) is 0 Å². The topological polar surface area (TPSA) is 81.7 Å². The minimum absolute atomic E-state index is 0.415. The second-order valence-electron chi connectivity index (χ2n) is 3.18. The van der Waals surface area contributed by atoms with Crippen molar-refractivity contribution in [2.45, 2.75) is 6.54 Å². The zero-order chi connectivity index (χ0) is 10.7. The Bertz CT molecular complexity index is 432. The third-order valence-electron chi connectivity index (χ3n) is 1.90. The fraction of sp³-hybridized carbons (Fsp3) is 0.222. The average molecular weight is 204 g/mol. The number of anilines is 2. The van der Waals surface area contributed by atoms with E-state index in [1.807, 2.05) is 19.3 Å². The Morgan fingerprint density at radius 3 is 2.80 bits per heavy atom. The molecule has 2 aromatic rings. The summed E-state index contributed by atoms with van der Waals surface area (Å²) in [5.74, 6) is 1.10. The van der Waals surface area contributed by atoms with Crippen LogP contribution in [-0.2, 0) is 13.6 Å². The minimum Gasteiger partial charge on any atom is -0.382 e. The first kappa shape index (κ1) is 9.45. The van der Waals surface area contributed by atoms with Crippen LogP contribution in [0.3, 0.4) is 0 Å². The van der Waals surface area contributed by atoms with Crippen molar-refractivity contribution in [3.63, 3.8) is 0 Å². The molecule has 0 fully saturated rings. The quantitative estimate of drug-likeness (QED) is 0.756. The van der Waals surface area contributed by atoms with Crippen molar-refractivity contribution in [3.8, 4) is 0 Å². The molecule has 0 aromatic carbocycles. The zero-order valence-corrected chi connectivity index (χ0v) is 8.38. The highest BCUT2D eigenvalue weighted by Gasteiger charge is 1.98. The molecule has 0 atom stereocenters. The number of nitrogens with one attached hydrogen (secondary N) is 1. The summed E-state index contributed by atoms with van der Waals surface area (Å²) >= 11 is 0. The molecule has 0 aliphatic rings. The minimum atomic E-state index is 0.415. The van der Waals surface area contributed by atoms with Crippen LogP contribution in [0.5, 0.6) is 0 Å². The van der Waals surface area contributed by atoms with Gasteiger partial charge in [0, 0.05) is 13.2 Å². The van der Waals surface area contributed by atoms with Gasteiger partial charge < -0.3 is 11.1 Å². The molecule has 0 aliphatic carbocycles. The summed E-state index contributed by atoms with van der Waals surface area (Å²) in [5.41, 5.74) is 6.37. The molecule has 0 unspecified atom stereocenters. The molecular weight excluding hydrogens is 192 g/mol. The van der Waals surface area contributed by atoms with Crippen LogP contribution in [0.25, 0.3) is 0 Å². The molecule has 0 aliphatic heterocycles. The maximum absolute atomic E-state index is 5.42. The van der Waals surface area contributed by atoms with Crippen molar-refractivity contribution in [1.29, 1.82) is 0 Å². The SMILES string of the molecule is Cn1ccc(CNc2ccc(N)nn2)n1. The molecule has 2 heterocycles. The number of aromatic nitrogens is 4. The van der Waals surface area contributed by atoms with Gasteiger partial charge in [-0.25, -0.2) is 0 Å². The van der Waals surface area contributed by atoms with Gasteiger partial charge >= 0.3 is 0 Å². The monoisotopic (exact) mass is 204 g/mol. The van der Waals surface area contributed by atoms with E-state index in [1.165, 1.54) is 0 Å². The van der Waals surface area contributed by atoms with Gasteiger partial charge in [-0.05, 0) is 18.2 Å². The average Bonchev–Trinajstić information content (AvgIpc) is 2.64. The van der Waals surface area contributed by atoms with E-state index in [0.717, 1.165) is 5.69 Å². The summed E-state index contributed by atoms with van der Waals surface area (Å²) in [4.78, 5) is 0. The Morgan fingerprint density at radius 1 is 1.33 bits per heavy atom. The molecule has 0 radical (unpaired) electrons. The summed E-state index contributed by atoms with van der Waals surface area (Å²) in [7, 11) is 1.88. The third-order valence-corrected chi connectivity index (χ3v) is 1.90. The molecule has 0 bridgehead atoms. The smallest absolute Gasteiger partial charge is 0.149 e. The molecule has 78 valence electrons. The van der Waals surface area contributed by atoms with Crippen LogP contribution in [-0.4, -0.2) is 20.0 Å². The largest absolute Gasteiger partial charge is 0.382 e. The predicted molar refractivity (Wildman–Crippen MR) is 57.0 cm³/mol. The van der Waals surface area contributed by atoms with Crippen molar-refractivity contribution in [1.82, 2.24) is 20.0 Å². The van der Waals surface area contributed by atoms with E-state index in [-0.39, 0.29) is 0 Å². The molecule has 6 heteroatoms. The lowest BCUT2D eigenvalue weighted by molar-refractivity contribution is 0.746. The summed E-state index contributed by atoms with van der Waals surface area (Å²) in [6, 6.07) is 5.43. The number of nitrogen functional groups attached to an aromatic ring is 1. The van der Waals surface area contributed by atoms with Crippen molar-refractivity contribution in [2.75, 3.05) is 11.1 Å². The third kappa shape index (κ3) is 2.43. The summed E-state index contributed by atoms with van der Waals surface area (Å²) in [5, 5.41) is 14.9. The number of rotatable bonds is 3. The highest BCUT2D eigenvalue weighted by molar-refractivity contribution is 5.38. The highest BCUT2D eigenvalue weighted by Crippen LogP contribution is 2.04. The van der Waals surface area contributed by atoms with E-state index in [9.17, 15) is 0 Å². The van der Waals surface area contributed by atoms with Gasteiger partial charge in [0.15, 0.2) is 0 Å². The Hall–Kier alpha value is -2.11. The number of hydrogen-bond donors (Lipinski definition) is 2. The lowest BCUT2D eigenvalue weighted by Crippen LogP contribution is -2.04. The Balaban J connectivity index is 1.96. The molecule has 6 nitrogen and oxygen atoms in total. The first-order chi connectivity index (χ1) is 7.24. The van der Waals surface area contributed by atoms with E-state index in [0.29, 0.717) is 18.2 Å². The summed E-state index contributed by atoms with van der Waals surface area (Å²) in [6.07, 6.45) is 1.89. The number of nitrogens with zero attached hydrogens (tertiary/aromatic N) is 4. The molecule has 2 aromatic heterocycles. The number of aryl methyl sites for hydroxylation is 1. The second kappa shape index (κ2) is 3.95. The Kier molecular flexibility index (Phi) is 2.49. The van der Waals surface area contributed by atoms with Crippen LogP contribution in [0, 0.1) is 0 Å². The first-order valence-electron chi connectivity index (χ1n) is 4.55. The van der Waals surface area contributed by atoms with Crippen molar-refractivity contribution in [2.24, 2.45) is 7.05 Å². The standard InChI is InChI=1S/C9H12N6/c1-15-5-4-7(14-15)6-11-9-3-2-8(10)12-13-9/h2-5H,6H2,1H3,(H2,10,12)(H,11,13). The number of hydrogen-bond acceptors (Lipinski definition) is 5. The normalized spacial score (nSPS) is 10.2. The van der Waals surface area contributed by atoms with Crippen LogP contribution in [0.15, 0.2) is 24.4 Å². The highest BCUT2D eigenvalue weighted by atomic mass is 15.3. The molecule has 3 N–H and O–H groups in total. The number of nitrogens with two attached hydrogens (primary N) is 1. The van der Waals surface area contributed by atoms with Crippen LogP contribution in [0.4, 0.5) is 11.6 Å². The van der Waals surface area contributed by atoms with Crippen molar-refractivity contribution in [3.05, 3.63) is 30.1 Å². The van der Waals surface area contributed by atoms with E-state index in [4.69, 9.17) is 5.73 Å². The molecule has 0 amide bonds.